The zero-order valence-electron chi connectivity index (χ0n) is 14.0. The van der Waals surface area contributed by atoms with Gasteiger partial charge in [0.25, 0.3) is 5.91 Å². The number of furan rings is 1. The minimum absolute atomic E-state index is 0.0611. The van der Waals surface area contributed by atoms with Crippen molar-refractivity contribution < 1.29 is 18.9 Å². The highest BCUT2D eigenvalue weighted by Crippen LogP contribution is 2.23. The third-order valence-corrected chi connectivity index (χ3v) is 4.18. The first kappa shape index (κ1) is 18.5. The molecule has 0 fully saturated rings. The molecule has 3 aromatic rings. The molecule has 0 spiro atoms. The van der Waals surface area contributed by atoms with Crippen molar-refractivity contribution in [3.8, 4) is 0 Å². The topological polar surface area (TPSA) is 120 Å². The van der Waals surface area contributed by atoms with Crippen LogP contribution in [0.25, 0.3) is 0 Å². The summed E-state index contributed by atoms with van der Waals surface area (Å²) >= 11 is 3.07. The lowest BCUT2D eigenvalue weighted by molar-refractivity contribution is -0.390. The average molecular weight is 433 g/mol. The second-order valence-electron chi connectivity index (χ2n) is 5.61. The first-order valence-corrected chi connectivity index (χ1v) is 8.51. The van der Waals surface area contributed by atoms with Crippen molar-refractivity contribution in [3.05, 3.63) is 74.3 Å². The third-order valence-electron chi connectivity index (χ3n) is 3.62. The zero-order valence-corrected chi connectivity index (χ0v) is 15.6. The summed E-state index contributed by atoms with van der Waals surface area (Å²) in [6, 6.07) is 9.58. The minimum atomic E-state index is -0.598. The summed E-state index contributed by atoms with van der Waals surface area (Å²) in [5.74, 6) is -0.314. The van der Waals surface area contributed by atoms with Gasteiger partial charge in [-0.15, -0.1) is 0 Å². The highest BCUT2D eigenvalue weighted by molar-refractivity contribution is 9.10. The molecule has 9 nitrogen and oxygen atoms in total. The van der Waals surface area contributed by atoms with Crippen molar-refractivity contribution in [3.63, 3.8) is 0 Å². The minimum Gasteiger partial charge on any atom is -0.454 e. The molecule has 0 aliphatic carbocycles. The molecule has 0 atom stereocenters. The summed E-state index contributed by atoms with van der Waals surface area (Å²) in [6.45, 7) is 1.59. The molecular formula is C17H13BrN4O5. The molecule has 0 radical (unpaired) electrons. The maximum Gasteiger partial charge on any atom is 0.404 e. The number of benzene rings is 1. The molecule has 3 rings (SSSR count). The standard InChI is InChI=1S/C17H13BrN4O5/c1-10(23)11-2-4-12(5-3-11)19-17(24)15-7-6-13(27-15)8-21-9-14(18)16(20-21)22(25)26/h2-7,9H,8H2,1H3,(H,19,24). The van der Waals surface area contributed by atoms with E-state index in [9.17, 15) is 19.7 Å². The number of nitrogens with zero attached hydrogens (tertiary/aromatic N) is 3. The lowest BCUT2D eigenvalue weighted by Gasteiger charge is -2.04. The maximum atomic E-state index is 12.3. The van der Waals surface area contributed by atoms with E-state index in [1.54, 1.807) is 30.3 Å². The largest absolute Gasteiger partial charge is 0.454 e. The number of hydrogen-bond acceptors (Lipinski definition) is 6. The Balaban J connectivity index is 1.67. The molecule has 2 heterocycles. The number of rotatable bonds is 6. The van der Waals surface area contributed by atoms with Crippen LogP contribution in [0, 0.1) is 10.1 Å². The number of Topliss-reactive ketones (excluding diaryl/α,β-unsaturated/α-hetero) is 1. The molecule has 0 unspecified atom stereocenters. The second kappa shape index (κ2) is 7.54. The van der Waals surface area contributed by atoms with E-state index in [0.29, 0.717) is 17.0 Å². The molecule has 0 aliphatic rings. The van der Waals surface area contributed by atoms with Gasteiger partial charge in [0.1, 0.15) is 16.8 Å². The van der Waals surface area contributed by atoms with Crippen molar-refractivity contribution >= 4 is 39.1 Å². The van der Waals surface area contributed by atoms with Crippen LogP contribution in [0.15, 0.2) is 51.5 Å². The molecule has 0 saturated heterocycles. The summed E-state index contributed by atoms with van der Waals surface area (Å²) in [5.41, 5.74) is 1.07. The summed E-state index contributed by atoms with van der Waals surface area (Å²) in [5, 5.41) is 17.3. The second-order valence-corrected chi connectivity index (χ2v) is 6.46. The molecule has 0 bridgehead atoms. The zero-order chi connectivity index (χ0) is 19.6. The number of amides is 1. The molecule has 1 amide bonds. The molecule has 10 heteroatoms. The average Bonchev–Trinajstić information content (AvgIpc) is 3.22. The number of hydrogen-bond donors (Lipinski definition) is 1. The lowest BCUT2D eigenvalue weighted by atomic mass is 10.1. The number of nitrogens with one attached hydrogen (secondary N) is 1. The van der Waals surface area contributed by atoms with E-state index in [0.717, 1.165) is 0 Å². The summed E-state index contributed by atoms with van der Waals surface area (Å²) in [7, 11) is 0. The Kier molecular flexibility index (Phi) is 5.17. The van der Waals surface area contributed by atoms with E-state index >= 15 is 0 Å². The van der Waals surface area contributed by atoms with Gasteiger partial charge in [0.05, 0.1) is 11.3 Å². The Hall–Kier alpha value is -3.27. The van der Waals surface area contributed by atoms with Crippen molar-refractivity contribution in [2.45, 2.75) is 13.5 Å². The summed E-state index contributed by atoms with van der Waals surface area (Å²) in [4.78, 5) is 33.7. The Morgan fingerprint density at radius 3 is 2.56 bits per heavy atom. The van der Waals surface area contributed by atoms with E-state index in [1.165, 1.54) is 23.9 Å². The smallest absolute Gasteiger partial charge is 0.404 e. The monoisotopic (exact) mass is 432 g/mol. The van der Waals surface area contributed by atoms with Gasteiger partial charge < -0.3 is 19.8 Å². The van der Waals surface area contributed by atoms with Crippen LogP contribution in [0.1, 0.15) is 33.6 Å². The van der Waals surface area contributed by atoms with Gasteiger partial charge in [0.15, 0.2) is 11.5 Å². The van der Waals surface area contributed by atoms with Gasteiger partial charge in [0, 0.05) is 11.3 Å². The van der Waals surface area contributed by atoms with Crippen LogP contribution in [0.2, 0.25) is 0 Å². The highest BCUT2D eigenvalue weighted by Gasteiger charge is 2.20. The summed E-state index contributed by atoms with van der Waals surface area (Å²) < 4.78 is 7.07. The van der Waals surface area contributed by atoms with Crippen molar-refractivity contribution in [1.82, 2.24) is 9.78 Å². The fraction of sp³-hybridized carbons (Fsp3) is 0.118. The molecule has 1 aromatic carbocycles. The number of carbonyl (C=O) groups is 2. The van der Waals surface area contributed by atoms with Crippen LogP contribution in [-0.2, 0) is 6.54 Å². The van der Waals surface area contributed by atoms with Crippen LogP contribution in [0.3, 0.4) is 0 Å². The van der Waals surface area contributed by atoms with Gasteiger partial charge in [-0.05, 0) is 64.2 Å². The molecule has 138 valence electrons. The van der Waals surface area contributed by atoms with Gasteiger partial charge >= 0.3 is 5.82 Å². The predicted molar refractivity (Wildman–Crippen MR) is 98.8 cm³/mol. The first-order chi connectivity index (χ1) is 12.8. The van der Waals surface area contributed by atoms with Crippen LogP contribution in [0.5, 0.6) is 0 Å². The van der Waals surface area contributed by atoms with E-state index in [4.69, 9.17) is 4.42 Å². The Morgan fingerprint density at radius 2 is 1.96 bits per heavy atom. The van der Waals surface area contributed by atoms with Crippen molar-refractivity contribution in [2.24, 2.45) is 0 Å². The lowest BCUT2D eigenvalue weighted by Crippen LogP contribution is -2.11. The number of ketones is 1. The Labute approximate surface area is 161 Å². The van der Waals surface area contributed by atoms with E-state index in [2.05, 4.69) is 26.3 Å². The van der Waals surface area contributed by atoms with Crippen LogP contribution >= 0.6 is 15.9 Å². The highest BCUT2D eigenvalue weighted by atomic mass is 79.9. The van der Waals surface area contributed by atoms with Gasteiger partial charge in [-0.1, -0.05) is 0 Å². The molecule has 27 heavy (non-hydrogen) atoms. The van der Waals surface area contributed by atoms with Gasteiger partial charge in [-0.2, -0.15) is 4.68 Å². The number of aromatic nitrogens is 2. The maximum absolute atomic E-state index is 12.3. The van der Waals surface area contributed by atoms with Crippen molar-refractivity contribution in [1.29, 1.82) is 0 Å². The van der Waals surface area contributed by atoms with Gasteiger partial charge in [0.2, 0.25) is 0 Å². The Morgan fingerprint density at radius 1 is 1.26 bits per heavy atom. The number of nitro groups is 1. The van der Waals surface area contributed by atoms with Crippen LogP contribution < -0.4 is 5.32 Å². The molecule has 1 N–H and O–H groups in total. The quantitative estimate of drug-likeness (QED) is 0.360. The summed E-state index contributed by atoms with van der Waals surface area (Å²) in [6.07, 6.45) is 1.46. The number of halogens is 1. The molecule has 2 aromatic heterocycles. The van der Waals surface area contributed by atoms with Crippen LogP contribution in [-0.4, -0.2) is 26.4 Å². The number of anilines is 1. The molecule has 0 aliphatic heterocycles. The normalized spacial score (nSPS) is 10.6. The van der Waals surface area contributed by atoms with Crippen LogP contribution in [0.4, 0.5) is 11.5 Å². The van der Waals surface area contributed by atoms with E-state index in [1.807, 2.05) is 0 Å². The predicted octanol–water partition coefficient (Wildman–Crippen LogP) is 3.65. The SMILES string of the molecule is CC(=O)c1ccc(NC(=O)c2ccc(Cn3cc(Br)c([N+](=O)[O-])n3)o2)cc1. The Bertz CT molecular complexity index is 1020. The fourth-order valence-electron chi connectivity index (χ4n) is 2.32. The third kappa shape index (κ3) is 4.29. The first-order valence-electron chi connectivity index (χ1n) is 7.72. The van der Waals surface area contributed by atoms with Gasteiger partial charge in [-0.3, -0.25) is 9.59 Å². The van der Waals surface area contributed by atoms with E-state index in [-0.39, 0.29) is 28.4 Å². The van der Waals surface area contributed by atoms with Crippen molar-refractivity contribution in [2.75, 3.05) is 5.32 Å². The molecular weight excluding hydrogens is 420 g/mol. The number of carbonyl (C=O) groups excluding carboxylic acids is 2. The molecule has 0 saturated carbocycles. The fourth-order valence-corrected chi connectivity index (χ4v) is 2.78. The van der Waals surface area contributed by atoms with E-state index < -0.39 is 10.8 Å². The van der Waals surface area contributed by atoms with Gasteiger partial charge in [-0.25, -0.2) is 0 Å².